The summed E-state index contributed by atoms with van der Waals surface area (Å²) in [5, 5.41) is 15.1. The lowest BCUT2D eigenvalue weighted by Crippen LogP contribution is -2.23. The molecule has 7 nitrogen and oxygen atoms in total. The van der Waals surface area contributed by atoms with Crippen LogP contribution in [0.15, 0.2) is 36.5 Å². The summed E-state index contributed by atoms with van der Waals surface area (Å²) < 4.78 is 10.5. The maximum Gasteiger partial charge on any atom is 0.255 e. The zero-order valence-corrected chi connectivity index (χ0v) is 13.3. The lowest BCUT2D eigenvalue weighted by Gasteiger charge is -2.14. The highest BCUT2D eigenvalue weighted by molar-refractivity contribution is 6.04. The molecule has 0 saturated heterocycles. The molecule has 1 amide bonds. The van der Waals surface area contributed by atoms with Crippen LogP contribution in [0.3, 0.4) is 0 Å². The zero-order chi connectivity index (χ0) is 16.9. The second kappa shape index (κ2) is 7.18. The van der Waals surface area contributed by atoms with Crippen LogP contribution in [0, 0.1) is 0 Å². The van der Waals surface area contributed by atoms with Gasteiger partial charge in [0.05, 0.1) is 24.5 Å². The number of aliphatic hydroxyl groups is 1. The molecule has 0 fully saturated rings. The average Bonchev–Trinajstić information content (AvgIpc) is 3.08. The van der Waals surface area contributed by atoms with Gasteiger partial charge in [0.2, 0.25) is 6.79 Å². The van der Waals surface area contributed by atoms with Crippen molar-refractivity contribution in [1.82, 2.24) is 4.98 Å². The minimum Gasteiger partial charge on any atom is -0.454 e. The van der Waals surface area contributed by atoms with Crippen LogP contribution in [-0.4, -0.2) is 35.4 Å². The number of carbonyl (C=O) groups is 1. The van der Waals surface area contributed by atoms with Gasteiger partial charge in [-0.3, -0.25) is 4.79 Å². The highest BCUT2D eigenvalue weighted by atomic mass is 16.7. The Hall–Kier alpha value is -2.80. The molecule has 1 aromatic carbocycles. The number of nitrogens with one attached hydrogen (secondary N) is 2. The Kier molecular flexibility index (Phi) is 4.81. The minimum absolute atomic E-state index is 0.0356. The molecule has 3 rings (SSSR count). The van der Waals surface area contributed by atoms with E-state index in [1.165, 1.54) is 0 Å². The summed E-state index contributed by atoms with van der Waals surface area (Å²) in [5.74, 6) is 1.60. The maximum atomic E-state index is 12.3. The van der Waals surface area contributed by atoms with Gasteiger partial charge in [-0.2, -0.15) is 0 Å². The Bertz CT molecular complexity index is 714. The minimum atomic E-state index is -0.252. The van der Waals surface area contributed by atoms with Gasteiger partial charge in [-0.15, -0.1) is 0 Å². The van der Waals surface area contributed by atoms with Crippen molar-refractivity contribution in [3.05, 3.63) is 42.1 Å². The molecule has 1 atom stereocenters. The lowest BCUT2D eigenvalue weighted by molar-refractivity contribution is 0.102. The van der Waals surface area contributed by atoms with Gasteiger partial charge in [-0.25, -0.2) is 4.98 Å². The number of ether oxygens (including phenoxy) is 2. The van der Waals surface area contributed by atoms with Crippen LogP contribution in [0.4, 0.5) is 11.5 Å². The summed E-state index contributed by atoms with van der Waals surface area (Å²) in [6.07, 6.45) is 2.36. The van der Waals surface area contributed by atoms with Crippen molar-refractivity contribution >= 4 is 17.4 Å². The Balaban J connectivity index is 1.64. The van der Waals surface area contributed by atoms with Gasteiger partial charge in [0.15, 0.2) is 11.5 Å². The summed E-state index contributed by atoms with van der Waals surface area (Å²) in [6.45, 7) is 2.19. The van der Waals surface area contributed by atoms with E-state index < -0.39 is 0 Å². The van der Waals surface area contributed by atoms with E-state index in [9.17, 15) is 9.90 Å². The zero-order valence-electron chi connectivity index (χ0n) is 13.3. The summed E-state index contributed by atoms with van der Waals surface area (Å²) >= 11 is 0. The molecule has 24 heavy (non-hydrogen) atoms. The van der Waals surface area contributed by atoms with Gasteiger partial charge in [0.25, 0.3) is 5.91 Å². The first-order chi connectivity index (χ1) is 11.7. The molecular formula is C17H19N3O4. The van der Waals surface area contributed by atoms with Crippen molar-refractivity contribution < 1.29 is 19.4 Å². The number of hydrogen-bond donors (Lipinski definition) is 3. The van der Waals surface area contributed by atoms with Gasteiger partial charge >= 0.3 is 0 Å². The fourth-order valence-electron chi connectivity index (χ4n) is 2.28. The van der Waals surface area contributed by atoms with Crippen molar-refractivity contribution in [2.75, 3.05) is 24.0 Å². The second-order valence-corrected chi connectivity index (χ2v) is 5.39. The van der Waals surface area contributed by atoms with Gasteiger partial charge < -0.3 is 25.2 Å². The summed E-state index contributed by atoms with van der Waals surface area (Å²) in [5.41, 5.74) is 1.06. The molecule has 7 heteroatoms. The van der Waals surface area contributed by atoms with Crippen molar-refractivity contribution in [2.24, 2.45) is 0 Å². The Morgan fingerprint density at radius 2 is 2.12 bits per heavy atom. The third-order valence-corrected chi connectivity index (χ3v) is 3.72. The molecular weight excluding hydrogens is 310 g/mol. The molecule has 2 heterocycles. The third-order valence-electron chi connectivity index (χ3n) is 3.72. The summed E-state index contributed by atoms with van der Waals surface area (Å²) in [6, 6.07) is 8.51. The number of aliphatic hydroxyl groups excluding tert-OH is 1. The number of rotatable bonds is 6. The van der Waals surface area contributed by atoms with Gasteiger partial charge in [-0.1, -0.05) is 6.92 Å². The van der Waals surface area contributed by atoms with E-state index >= 15 is 0 Å². The number of amides is 1. The van der Waals surface area contributed by atoms with Crippen molar-refractivity contribution in [3.8, 4) is 11.5 Å². The number of anilines is 2. The SMILES string of the molecule is CCC(CO)Nc1ccc(NC(=O)c2ccc3c(c2)OCO3)cn1. The fraction of sp³-hybridized carbons (Fsp3) is 0.294. The number of pyridine rings is 1. The van der Waals surface area contributed by atoms with Crippen LogP contribution in [0.5, 0.6) is 11.5 Å². The molecule has 1 aromatic heterocycles. The van der Waals surface area contributed by atoms with Crippen molar-refractivity contribution in [1.29, 1.82) is 0 Å². The van der Waals surface area contributed by atoms with E-state index in [0.29, 0.717) is 28.6 Å². The second-order valence-electron chi connectivity index (χ2n) is 5.39. The lowest BCUT2D eigenvalue weighted by atomic mass is 10.2. The monoisotopic (exact) mass is 329 g/mol. The van der Waals surface area contributed by atoms with E-state index in [2.05, 4.69) is 15.6 Å². The standard InChI is InChI=1S/C17H19N3O4/c1-2-12(9-21)19-16-6-4-13(8-18-16)20-17(22)11-3-5-14-15(7-11)24-10-23-14/h3-8,12,21H,2,9-10H2,1H3,(H,18,19)(H,20,22). The van der Waals surface area contributed by atoms with Crippen LogP contribution in [0.25, 0.3) is 0 Å². The van der Waals surface area contributed by atoms with Gasteiger partial charge in [-0.05, 0) is 36.8 Å². The van der Waals surface area contributed by atoms with Crippen molar-refractivity contribution in [2.45, 2.75) is 19.4 Å². The smallest absolute Gasteiger partial charge is 0.255 e. The Morgan fingerprint density at radius 3 is 2.83 bits per heavy atom. The van der Waals surface area contributed by atoms with Crippen molar-refractivity contribution in [3.63, 3.8) is 0 Å². The molecule has 0 saturated carbocycles. The van der Waals surface area contributed by atoms with Crippen LogP contribution in [0.1, 0.15) is 23.7 Å². The first kappa shape index (κ1) is 16.1. The van der Waals surface area contributed by atoms with E-state index in [1.54, 1.807) is 36.5 Å². The number of aromatic nitrogens is 1. The topological polar surface area (TPSA) is 92.7 Å². The Morgan fingerprint density at radius 1 is 1.29 bits per heavy atom. The van der Waals surface area contributed by atoms with Gasteiger partial charge in [0.1, 0.15) is 5.82 Å². The predicted molar refractivity (Wildman–Crippen MR) is 89.5 cm³/mol. The molecule has 0 bridgehead atoms. The molecule has 0 spiro atoms. The van der Waals surface area contributed by atoms with E-state index in [4.69, 9.17) is 9.47 Å². The third kappa shape index (κ3) is 3.57. The van der Waals surface area contributed by atoms with Crippen LogP contribution in [0.2, 0.25) is 0 Å². The number of benzene rings is 1. The number of fused-ring (bicyclic) bond motifs is 1. The quantitative estimate of drug-likeness (QED) is 0.753. The first-order valence-electron chi connectivity index (χ1n) is 7.74. The fourth-order valence-corrected chi connectivity index (χ4v) is 2.28. The van der Waals surface area contributed by atoms with E-state index in [0.717, 1.165) is 6.42 Å². The molecule has 0 radical (unpaired) electrons. The molecule has 126 valence electrons. The molecule has 1 aliphatic rings. The van der Waals surface area contributed by atoms with Crippen LogP contribution >= 0.6 is 0 Å². The first-order valence-corrected chi connectivity index (χ1v) is 7.74. The molecule has 0 aliphatic carbocycles. The molecule has 1 unspecified atom stereocenters. The van der Waals surface area contributed by atoms with Crippen LogP contribution < -0.4 is 20.1 Å². The average molecular weight is 329 g/mol. The maximum absolute atomic E-state index is 12.3. The molecule has 3 N–H and O–H groups in total. The summed E-state index contributed by atoms with van der Waals surface area (Å²) in [4.78, 5) is 16.5. The van der Waals surface area contributed by atoms with E-state index in [1.807, 2.05) is 6.92 Å². The Labute approximate surface area is 139 Å². The highest BCUT2D eigenvalue weighted by Gasteiger charge is 2.16. The molecule has 2 aromatic rings. The largest absolute Gasteiger partial charge is 0.454 e. The number of nitrogens with zero attached hydrogens (tertiary/aromatic N) is 1. The molecule has 1 aliphatic heterocycles. The highest BCUT2D eigenvalue weighted by Crippen LogP contribution is 2.32. The predicted octanol–water partition coefficient (Wildman–Crippen LogP) is 2.25. The number of hydrogen-bond acceptors (Lipinski definition) is 6. The van der Waals surface area contributed by atoms with E-state index in [-0.39, 0.29) is 25.3 Å². The summed E-state index contributed by atoms with van der Waals surface area (Å²) in [7, 11) is 0. The number of carbonyl (C=O) groups excluding carboxylic acids is 1. The normalized spacial score (nSPS) is 13.4. The van der Waals surface area contributed by atoms with Crippen LogP contribution in [-0.2, 0) is 0 Å². The van der Waals surface area contributed by atoms with Gasteiger partial charge in [0, 0.05) is 5.56 Å².